The van der Waals surface area contributed by atoms with Gasteiger partial charge in [-0.3, -0.25) is 0 Å². The Labute approximate surface area is 93.0 Å². The van der Waals surface area contributed by atoms with Crippen molar-refractivity contribution in [2.24, 2.45) is 0 Å². The molecular formula is C7H12N4O4S. The van der Waals surface area contributed by atoms with Crippen LogP contribution in [0.4, 0.5) is 0 Å². The minimum absolute atomic E-state index is 0.174. The normalized spacial score (nSPS) is 11.8. The summed E-state index contributed by atoms with van der Waals surface area (Å²) in [6.45, 7) is 1.80. The number of ether oxygens (including phenoxy) is 1. The maximum absolute atomic E-state index is 11.6. The van der Waals surface area contributed by atoms with Crippen LogP contribution < -0.4 is 0 Å². The number of hydrogen-bond donors (Lipinski definition) is 0. The molecule has 0 spiro atoms. The molecule has 0 aromatic carbocycles. The highest BCUT2D eigenvalue weighted by atomic mass is 32.2. The third-order valence-electron chi connectivity index (χ3n) is 1.63. The summed E-state index contributed by atoms with van der Waals surface area (Å²) in [5.41, 5.74) is 0. The van der Waals surface area contributed by atoms with Gasteiger partial charge in [0.15, 0.2) is 0 Å². The molecule has 0 aliphatic heterocycles. The van der Waals surface area contributed by atoms with Gasteiger partial charge in [0.05, 0.1) is 6.61 Å². The maximum Gasteiger partial charge on any atom is 0.378 e. The van der Waals surface area contributed by atoms with Crippen molar-refractivity contribution in [2.75, 3.05) is 20.7 Å². The second kappa shape index (κ2) is 4.58. The van der Waals surface area contributed by atoms with Gasteiger partial charge < -0.3 is 4.74 Å². The van der Waals surface area contributed by atoms with E-state index >= 15 is 0 Å². The van der Waals surface area contributed by atoms with E-state index in [9.17, 15) is 13.2 Å². The van der Waals surface area contributed by atoms with Crippen molar-refractivity contribution in [2.45, 2.75) is 6.92 Å². The van der Waals surface area contributed by atoms with Crippen molar-refractivity contribution >= 4 is 16.2 Å². The zero-order valence-electron chi connectivity index (χ0n) is 9.11. The van der Waals surface area contributed by atoms with Crippen molar-refractivity contribution in [3.8, 4) is 0 Å². The summed E-state index contributed by atoms with van der Waals surface area (Å²) < 4.78 is 29.3. The van der Waals surface area contributed by atoms with Gasteiger partial charge in [0.2, 0.25) is 0 Å². The molecule has 0 saturated carbocycles. The lowest BCUT2D eigenvalue weighted by atomic mass is 10.6. The number of carbonyl (C=O) groups is 1. The van der Waals surface area contributed by atoms with E-state index in [1.165, 1.54) is 14.1 Å². The fraction of sp³-hybridized carbons (Fsp3) is 0.571. The minimum Gasteiger partial charge on any atom is -0.460 e. The molecule has 0 fully saturated rings. The van der Waals surface area contributed by atoms with Gasteiger partial charge in [-0.05, 0) is 6.92 Å². The first-order chi connectivity index (χ1) is 7.39. The zero-order valence-corrected chi connectivity index (χ0v) is 9.93. The molecule has 0 N–H and O–H groups in total. The van der Waals surface area contributed by atoms with Gasteiger partial charge in [-0.25, -0.2) is 9.78 Å². The number of nitrogens with zero attached hydrogens (tertiary/aromatic N) is 4. The molecule has 1 aromatic rings. The fourth-order valence-corrected chi connectivity index (χ4v) is 1.50. The molecule has 9 heteroatoms. The molecule has 1 rings (SSSR count). The minimum atomic E-state index is -3.74. The monoisotopic (exact) mass is 248 g/mol. The van der Waals surface area contributed by atoms with Crippen LogP contribution in [0.15, 0.2) is 6.33 Å². The van der Waals surface area contributed by atoms with Gasteiger partial charge in [-0.15, -0.1) is 9.19 Å². The van der Waals surface area contributed by atoms with Gasteiger partial charge >= 0.3 is 16.2 Å². The van der Waals surface area contributed by atoms with E-state index in [4.69, 9.17) is 0 Å². The van der Waals surface area contributed by atoms with Gasteiger partial charge in [0.1, 0.15) is 6.33 Å². The Morgan fingerprint density at radius 3 is 2.69 bits per heavy atom. The molecule has 0 aliphatic rings. The van der Waals surface area contributed by atoms with Crippen molar-refractivity contribution in [1.82, 2.24) is 18.5 Å². The molecule has 0 saturated heterocycles. The lowest BCUT2D eigenvalue weighted by Crippen LogP contribution is -2.29. The molecule has 0 amide bonds. The summed E-state index contributed by atoms with van der Waals surface area (Å²) in [6.07, 6.45) is 0.946. The summed E-state index contributed by atoms with van der Waals surface area (Å²) in [5.74, 6) is -1.04. The average molecular weight is 248 g/mol. The number of carbonyl (C=O) groups excluding carboxylic acids is 1. The highest BCUT2D eigenvalue weighted by Gasteiger charge is 2.21. The van der Waals surface area contributed by atoms with E-state index in [-0.39, 0.29) is 12.4 Å². The highest BCUT2D eigenvalue weighted by molar-refractivity contribution is 7.87. The zero-order chi connectivity index (χ0) is 12.3. The lowest BCUT2D eigenvalue weighted by molar-refractivity contribution is 0.0512. The smallest absolute Gasteiger partial charge is 0.378 e. The number of esters is 1. The number of rotatable bonds is 4. The van der Waals surface area contributed by atoms with E-state index in [1.807, 2.05) is 0 Å². The standard InChI is InChI=1S/C7H12N4O4S/c1-4-15-7(12)6-8-5-11(9-6)16(13,14)10(2)3/h5H,4H2,1-3H3. The summed E-state index contributed by atoms with van der Waals surface area (Å²) in [4.78, 5) is 14.7. The second-order valence-corrected chi connectivity index (χ2v) is 4.95. The van der Waals surface area contributed by atoms with Crippen molar-refractivity contribution in [3.05, 3.63) is 12.2 Å². The van der Waals surface area contributed by atoms with Crippen molar-refractivity contribution < 1.29 is 17.9 Å². The predicted molar refractivity (Wildman–Crippen MR) is 54.0 cm³/mol. The Kier molecular flexibility index (Phi) is 3.60. The summed E-state index contributed by atoms with van der Waals surface area (Å²) in [7, 11) is -1.04. The van der Waals surface area contributed by atoms with Crippen LogP contribution in [0, 0.1) is 0 Å². The number of hydrogen-bond acceptors (Lipinski definition) is 6. The third kappa shape index (κ3) is 2.36. The fourth-order valence-electron chi connectivity index (χ4n) is 0.817. The van der Waals surface area contributed by atoms with E-state index in [2.05, 4.69) is 14.8 Å². The van der Waals surface area contributed by atoms with Crippen molar-refractivity contribution in [1.29, 1.82) is 0 Å². The van der Waals surface area contributed by atoms with E-state index in [0.29, 0.717) is 4.09 Å². The molecule has 0 aliphatic carbocycles. The molecule has 1 heterocycles. The van der Waals surface area contributed by atoms with Crippen LogP contribution in [-0.4, -0.2) is 53.6 Å². The van der Waals surface area contributed by atoms with Crippen LogP contribution in [0.1, 0.15) is 17.5 Å². The van der Waals surface area contributed by atoms with Crippen LogP contribution >= 0.6 is 0 Å². The summed E-state index contributed by atoms with van der Waals surface area (Å²) in [5, 5.41) is 3.52. The molecule has 0 bridgehead atoms. The molecular weight excluding hydrogens is 236 g/mol. The Bertz CT molecular complexity index is 478. The van der Waals surface area contributed by atoms with Gasteiger partial charge in [-0.1, -0.05) is 0 Å². The van der Waals surface area contributed by atoms with Crippen molar-refractivity contribution in [3.63, 3.8) is 0 Å². The molecule has 16 heavy (non-hydrogen) atoms. The summed E-state index contributed by atoms with van der Waals surface area (Å²) >= 11 is 0. The first-order valence-electron chi connectivity index (χ1n) is 4.41. The Balaban J connectivity index is 3.00. The van der Waals surface area contributed by atoms with E-state index < -0.39 is 16.2 Å². The maximum atomic E-state index is 11.6. The third-order valence-corrected chi connectivity index (χ3v) is 3.20. The highest BCUT2D eigenvalue weighted by Crippen LogP contribution is 2.00. The molecule has 1 aromatic heterocycles. The molecule has 0 atom stereocenters. The molecule has 90 valence electrons. The van der Waals surface area contributed by atoms with E-state index in [1.54, 1.807) is 6.92 Å². The largest absolute Gasteiger partial charge is 0.460 e. The van der Waals surface area contributed by atoms with Crippen LogP contribution in [0.3, 0.4) is 0 Å². The Morgan fingerprint density at radius 1 is 1.56 bits per heavy atom. The predicted octanol–water partition coefficient (Wildman–Crippen LogP) is -0.891. The van der Waals surface area contributed by atoms with Crippen LogP contribution in [0.2, 0.25) is 0 Å². The van der Waals surface area contributed by atoms with Gasteiger partial charge in [0, 0.05) is 14.1 Å². The first-order valence-corrected chi connectivity index (χ1v) is 5.81. The molecule has 0 radical (unpaired) electrons. The second-order valence-electron chi connectivity index (χ2n) is 2.95. The Hall–Kier alpha value is -1.48. The average Bonchev–Trinajstić information content (AvgIpc) is 2.67. The van der Waals surface area contributed by atoms with Crippen LogP contribution in [0.25, 0.3) is 0 Å². The van der Waals surface area contributed by atoms with E-state index in [0.717, 1.165) is 10.6 Å². The van der Waals surface area contributed by atoms with Gasteiger partial charge in [0.25, 0.3) is 5.82 Å². The lowest BCUT2D eigenvalue weighted by Gasteiger charge is -2.09. The quantitative estimate of drug-likeness (QED) is 0.641. The summed E-state index contributed by atoms with van der Waals surface area (Å²) in [6, 6.07) is 0. The van der Waals surface area contributed by atoms with Crippen LogP contribution in [-0.2, 0) is 14.9 Å². The first kappa shape index (κ1) is 12.6. The van der Waals surface area contributed by atoms with Gasteiger partial charge in [-0.2, -0.15) is 12.7 Å². The molecule has 8 nitrogen and oxygen atoms in total. The SMILES string of the molecule is CCOC(=O)c1ncn(S(=O)(=O)N(C)C)n1. The number of aromatic nitrogens is 3. The Morgan fingerprint density at radius 2 is 2.19 bits per heavy atom. The molecule has 0 unspecified atom stereocenters. The van der Waals surface area contributed by atoms with Crippen LogP contribution in [0.5, 0.6) is 0 Å². The topological polar surface area (TPSA) is 94.4 Å².